The van der Waals surface area contributed by atoms with E-state index in [0.717, 1.165) is 11.0 Å². The minimum Gasteiger partial charge on any atom is -0.399 e. The average Bonchev–Trinajstić information content (AvgIpc) is 2.97. The summed E-state index contributed by atoms with van der Waals surface area (Å²) in [5, 5.41) is 3.73. The molecule has 0 spiro atoms. The van der Waals surface area contributed by atoms with Crippen LogP contribution in [-0.4, -0.2) is 29.4 Å². The lowest BCUT2D eigenvalue weighted by molar-refractivity contribution is 0.00578. The SMILES string of the molecule is Cc1c(C(N)=O)noc1-c1ccc(B2OC(C)(C)C(C)(C)O2)cc1. The Morgan fingerprint density at radius 2 is 1.62 bits per heavy atom. The lowest BCUT2D eigenvalue weighted by atomic mass is 9.78. The highest BCUT2D eigenvalue weighted by Gasteiger charge is 2.51. The van der Waals surface area contributed by atoms with Gasteiger partial charge in [-0.1, -0.05) is 29.4 Å². The van der Waals surface area contributed by atoms with Gasteiger partial charge in [0.25, 0.3) is 5.91 Å². The molecule has 0 radical (unpaired) electrons. The van der Waals surface area contributed by atoms with Crippen molar-refractivity contribution < 1.29 is 18.6 Å². The van der Waals surface area contributed by atoms with Crippen LogP contribution < -0.4 is 11.2 Å². The molecular weight excluding hydrogens is 307 g/mol. The summed E-state index contributed by atoms with van der Waals surface area (Å²) in [5.74, 6) is -0.0689. The van der Waals surface area contributed by atoms with Crippen molar-refractivity contribution in [3.8, 4) is 11.3 Å². The van der Waals surface area contributed by atoms with Crippen molar-refractivity contribution in [3.63, 3.8) is 0 Å². The van der Waals surface area contributed by atoms with E-state index in [0.29, 0.717) is 11.3 Å². The highest BCUT2D eigenvalue weighted by Crippen LogP contribution is 2.36. The molecule has 24 heavy (non-hydrogen) atoms. The maximum absolute atomic E-state index is 11.3. The standard InChI is InChI=1S/C17H21BN2O4/c1-10-13(15(19)21)20-22-14(10)11-6-8-12(9-7-11)18-23-16(2,3)17(4,5)24-18/h6-9H,1-5H3,(H2,19,21). The maximum atomic E-state index is 11.3. The fourth-order valence-electron chi connectivity index (χ4n) is 2.61. The summed E-state index contributed by atoms with van der Waals surface area (Å²) < 4.78 is 17.3. The number of carbonyl (C=O) groups is 1. The van der Waals surface area contributed by atoms with E-state index in [9.17, 15) is 4.79 Å². The van der Waals surface area contributed by atoms with E-state index in [1.165, 1.54) is 0 Å². The zero-order valence-electron chi connectivity index (χ0n) is 14.5. The summed E-state index contributed by atoms with van der Waals surface area (Å²) in [6.45, 7) is 9.83. The molecule has 2 heterocycles. The topological polar surface area (TPSA) is 87.6 Å². The maximum Gasteiger partial charge on any atom is 0.494 e. The second-order valence-corrected chi connectivity index (χ2v) is 7.06. The van der Waals surface area contributed by atoms with Crippen LogP contribution in [0.1, 0.15) is 43.7 Å². The molecule has 1 aliphatic heterocycles. The third kappa shape index (κ3) is 2.63. The molecule has 1 aromatic heterocycles. The van der Waals surface area contributed by atoms with Crippen LogP contribution in [0.25, 0.3) is 11.3 Å². The first-order valence-electron chi connectivity index (χ1n) is 7.84. The molecule has 1 saturated heterocycles. The van der Waals surface area contributed by atoms with Crippen molar-refractivity contribution in [2.24, 2.45) is 5.73 Å². The summed E-state index contributed by atoms with van der Waals surface area (Å²) in [6.07, 6.45) is 0. The molecule has 0 saturated carbocycles. The molecule has 2 aromatic rings. The molecule has 0 aliphatic carbocycles. The molecule has 1 fully saturated rings. The Kier molecular flexibility index (Phi) is 3.81. The number of aromatic nitrogens is 1. The second kappa shape index (κ2) is 5.46. The van der Waals surface area contributed by atoms with Crippen LogP contribution >= 0.6 is 0 Å². The Hall–Kier alpha value is -2.12. The van der Waals surface area contributed by atoms with Gasteiger partial charge in [0, 0.05) is 11.1 Å². The number of carbonyl (C=O) groups excluding carboxylic acids is 1. The Labute approximate surface area is 141 Å². The normalized spacial score (nSPS) is 18.8. The molecule has 0 atom stereocenters. The van der Waals surface area contributed by atoms with Gasteiger partial charge in [0.1, 0.15) is 0 Å². The third-order valence-corrected chi connectivity index (χ3v) is 4.86. The number of benzene rings is 1. The molecule has 0 bridgehead atoms. The lowest BCUT2D eigenvalue weighted by Gasteiger charge is -2.32. The number of amides is 1. The zero-order chi connectivity index (χ0) is 17.7. The summed E-state index contributed by atoms with van der Waals surface area (Å²) in [7, 11) is -0.416. The van der Waals surface area contributed by atoms with Crippen LogP contribution in [0.15, 0.2) is 28.8 Å². The monoisotopic (exact) mass is 328 g/mol. The average molecular weight is 328 g/mol. The molecule has 1 amide bonds. The number of primary amides is 1. The fourth-order valence-corrected chi connectivity index (χ4v) is 2.61. The van der Waals surface area contributed by atoms with Crippen LogP contribution in [-0.2, 0) is 9.31 Å². The van der Waals surface area contributed by atoms with E-state index >= 15 is 0 Å². The molecule has 1 aliphatic rings. The zero-order valence-corrected chi connectivity index (χ0v) is 14.5. The number of rotatable bonds is 3. The van der Waals surface area contributed by atoms with E-state index in [2.05, 4.69) is 5.16 Å². The van der Waals surface area contributed by atoms with Crippen LogP contribution in [0.3, 0.4) is 0 Å². The lowest BCUT2D eigenvalue weighted by Crippen LogP contribution is -2.41. The fraction of sp³-hybridized carbons (Fsp3) is 0.412. The van der Waals surface area contributed by atoms with Crippen molar-refractivity contribution in [2.45, 2.75) is 45.8 Å². The first kappa shape index (κ1) is 16.7. The Morgan fingerprint density at radius 3 is 2.08 bits per heavy atom. The first-order chi connectivity index (χ1) is 11.1. The van der Waals surface area contributed by atoms with Crippen molar-refractivity contribution in [2.75, 3.05) is 0 Å². The van der Waals surface area contributed by atoms with E-state index < -0.39 is 13.0 Å². The second-order valence-electron chi connectivity index (χ2n) is 7.06. The predicted octanol–water partition coefficient (Wildman–Crippen LogP) is 2.05. The molecule has 1 aromatic carbocycles. The van der Waals surface area contributed by atoms with Crippen molar-refractivity contribution in [1.82, 2.24) is 5.16 Å². The van der Waals surface area contributed by atoms with Gasteiger partial charge in [-0.3, -0.25) is 4.79 Å². The largest absolute Gasteiger partial charge is 0.494 e. The molecule has 0 unspecified atom stereocenters. The van der Waals surface area contributed by atoms with Crippen LogP contribution in [0, 0.1) is 6.92 Å². The number of hydrogen-bond donors (Lipinski definition) is 1. The Morgan fingerprint density at radius 1 is 1.08 bits per heavy atom. The van der Waals surface area contributed by atoms with Gasteiger partial charge in [0.05, 0.1) is 11.2 Å². The molecule has 3 rings (SSSR count). The van der Waals surface area contributed by atoms with Gasteiger partial charge in [0.2, 0.25) is 0 Å². The van der Waals surface area contributed by atoms with E-state index in [4.69, 9.17) is 19.6 Å². The molecule has 2 N–H and O–H groups in total. The van der Waals surface area contributed by atoms with E-state index in [1.807, 2.05) is 52.0 Å². The molecule has 7 heteroatoms. The summed E-state index contributed by atoms with van der Waals surface area (Å²) >= 11 is 0. The number of hydrogen-bond acceptors (Lipinski definition) is 5. The van der Waals surface area contributed by atoms with Gasteiger partial charge in [-0.25, -0.2) is 0 Å². The van der Waals surface area contributed by atoms with Gasteiger partial charge in [-0.15, -0.1) is 0 Å². The Bertz CT molecular complexity index is 764. The summed E-state index contributed by atoms with van der Waals surface area (Å²) in [4.78, 5) is 11.3. The first-order valence-corrected chi connectivity index (χ1v) is 7.84. The van der Waals surface area contributed by atoms with E-state index in [-0.39, 0.29) is 16.9 Å². The van der Waals surface area contributed by atoms with Crippen molar-refractivity contribution >= 4 is 18.5 Å². The Balaban J connectivity index is 1.86. The van der Waals surface area contributed by atoms with Crippen LogP contribution in [0.2, 0.25) is 0 Å². The predicted molar refractivity (Wildman–Crippen MR) is 90.9 cm³/mol. The molecular formula is C17H21BN2O4. The third-order valence-electron chi connectivity index (χ3n) is 4.86. The highest BCUT2D eigenvalue weighted by atomic mass is 16.7. The van der Waals surface area contributed by atoms with Gasteiger partial charge in [0.15, 0.2) is 11.5 Å². The van der Waals surface area contributed by atoms with Gasteiger partial charge < -0.3 is 19.6 Å². The number of nitrogens with two attached hydrogens (primary N) is 1. The summed E-state index contributed by atoms with van der Waals surface area (Å²) in [6, 6.07) is 7.62. The summed E-state index contributed by atoms with van der Waals surface area (Å²) in [5.41, 5.74) is 7.02. The molecule has 126 valence electrons. The van der Waals surface area contributed by atoms with Gasteiger partial charge >= 0.3 is 7.12 Å². The van der Waals surface area contributed by atoms with Crippen LogP contribution in [0.5, 0.6) is 0 Å². The van der Waals surface area contributed by atoms with Crippen molar-refractivity contribution in [1.29, 1.82) is 0 Å². The smallest absolute Gasteiger partial charge is 0.399 e. The minimum atomic E-state index is -0.601. The highest BCUT2D eigenvalue weighted by molar-refractivity contribution is 6.62. The molecule has 6 nitrogen and oxygen atoms in total. The van der Waals surface area contributed by atoms with Gasteiger partial charge in [-0.2, -0.15) is 0 Å². The van der Waals surface area contributed by atoms with Crippen LogP contribution in [0.4, 0.5) is 0 Å². The van der Waals surface area contributed by atoms with Gasteiger partial charge in [-0.05, 0) is 40.1 Å². The minimum absolute atomic E-state index is 0.153. The quantitative estimate of drug-likeness (QED) is 0.871. The van der Waals surface area contributed by atoms with Crippen molar-refractivity contribution in [3.05, 3.63) is 35.5 Å². The van der Waals surface area contributed by atoms with E-state index in [1.54, 1.807) is 6.92 Å². The number of nitrogens with zero attached hydrogens (tertiary/aromatic N) is 1.